The number of para-hydroxylation sites is 2. The summed E-state index contributed by atoms with van der Waals surface area (Å²) >= 11 is 0. The van der Waals surface area contributed by atoms with E-state index in [4.69, 9.17) is 10.2 Å². The van der Waals surface area contributed by atoms with Crippen LogP contribution in [0.5, 0.6) is 11.5 Å². The molecule has 0 amide bonds. The standard InChI is InChI=1S/2C6H6O.2C4H8.C3H8.2C2H6.3CH4/c2*7-6-4-2-1-3-5-6;2*1-3-4-2;1-3-2;2*1-2;;;/h2*1-5,7H;2*3H,1,4H2,2H3;3H2,1-2H3;2*1-2H3;3*1H4. The fraction of sp³-hybridized carbons (Fsp3) is 0.467. The third-order valence-corrected chi connectivity index (χ3v) is 2.09. The molecule has 2 aromatic carbocycles. The average molecular weight is 453 g/mol. The third-order valence-electron chi connectivity index (χ3n) is 2.09. The number of benzene rings is 2. The normalized spacial score (nSPS) is 6.25. The van der Waals surface area contributed by atoms with Gasteiger partial charge < -0.3 is 10.2 Å². The molecule has 0 aliphatic heterocycles. The summed E-state index contributed by atoms with van der Waals surface area (Å²) in [6, 6.07) is 17.4. The molecule has 0 heterocycles. The van der Waals surface area contributed by atoms with Crippen LogP contribution >= 0.6 is 0 Å². The minimum absolute atomic E-state index is 0. The number of hydrogen-bond acceptors (Lipinski definition) is 2. The largest absolute Gasteiger partial charge is 0.508 e. The van der Waals surface area contributed by atoms with Gasteiger partial charge in [0.2, 0.25) is 0 Å². The molecule has 0 unspecified atom stereocenters. The quantitative estimate of drug-likeness (QED) is 0.445. The van der Waals surface area contributed by atoms with Crippen molar-refractivity contribution in [3.8, 4) is 11.5 Å². The number of rotatable bonds is 2. The van der Waals surface area contributed by atoms with Crippen molar-refractivity contribution in [2.75, 3.05) is 0 Å². The second-order valence-corrected chi connectivity index (χ2v) is 4.77. The zero-order chi connectivity index (χ0) is 23.8. The van der Waals surface area contributed by atoms with E-state index >= 15 is 0 Å². The van der Waals surface area contributed by atoms with Gasteiger partial charge in [-0.1, -0.05) is 133 Å². The lowest BCUT2D eigenvalue weighted by Crippen LogP contribution is -1.56. The van der Waals surface area contributed by atoms with Crippen LogP contribution in [0.1, 0.15) is 96.9 Å². The molecule has 2 heteroatoms. The fourth-order valence-corrected chi connectivity index (χ4v) is 0.856. The predicted octanol–water partition coefficient (Wildman–Crippen LogP) is 11.3. The minimum Gasteiger partial charge on any atom is -0.508 e. The maximum Gasteiger partial charge on any atom is 0.115 e. The lowest BCUT2D eigenvalue weighted by atomic mass is 10.3. The Morgan fingerprint density at radius 3 is 0.781 bits per heavy atom. The summed E-state index contributed by atoms with van der Waals surface area (Å²) < 4.78 is 0. The van der Waals surface area contributed by atoms with Crippen molar-refractivity contribution < 1.29 is 10.2 Å². The molecule has 0 radical (unpaired) electrons. The van der Waals surface area contributed by atoms with Gasteiger partial charge in [0.15, 0.2) is 0 Å². The summed E-state index contributed by atoms with van der Waals surface area (Å²) in [6.07, 6.45) is 7.17. The van der Waals surface area contributed by atoms with Crippen LogP contribution in [-0.2, 0) is 0 Å². The van der Waals surface area contributed by atoms with Crippen molar-refractivity contribution in [3.63, 3.8) is 0 Å². The van der Waals surface area contributed by atoms with E-state index in [1.54, 1.807) is 48.5 Å². The van der Waals surface area contributed by atoms with Crippen molar-refractivity contribution in [2.24, 2.45) is 0 Å². The van der Waals surface area contributed by atoms with Crippen LogP contribution in [0.3, 0.4) is 0 Å². The van der Waals surface area contributed by atoms with E-state index in [2.05, 4.69) is 40.9 Å². The highest BCUT2D eigenvalue weighted by Gasteiger charge is 1.75. The van der Waals surface area contributed by atoms with Gasteiger partial charge in [0, 0.05) is 0 Å². The Hall–Kier alpha value is -2.48. The highest BCUT2D eigenvalue weighted by atomic mass is 16.3. The molecule has 0 saturated carbocycles. The summed E-state index contributed by atoms with van der Waals surface area (Å²) in [4.78, 5) is 0. The molecule has 0 saturated heterocycles. The number of aromatic hydroxyl groups is 2. The van der Waals surface area contributed by atoms with Crippen LogP contribution in [-0.4, -0.2) is 10.2 Å². The molecular weight excluding hydrogens is 392 g/mol. The van der Waals surface area contributed by atoms with E-state index in [0.717, 1.165) is 12.8 Å². The molecule has 2 N–H and O–H groups in total. The van der Waals surface area contributed by atoms with E-state index in [1.807, 2.05) is 52.0 Å². The van der Waals surface area contributed by atoms with Gasteiger partial charge in [0.25, 0.3) is 0 Å². The van der Waals surface area contributed by atoms with Crippen molar-refractivity contribution in [2.45, 2.75) is 96.9 Å². The molecule has 192 valence electrons. The minimum atomic E-state index is 0. The molecule has 0 spiro atoms. The number of phenolic OH excluding ortho intramolecular Hbond substituents is 2. The second-order valence-electron chi connectivity index (χ2n) is 4.77. The molecule has 0 aliphatic carbocycles. The van der Waals surface area contributed by atoms with Crippen molar-refractivity contribution in [3.05, 3.63) is 86.0 Å². The van der Waals surface area contributed by atoms with Gasteiger partial charge in [-0.25, -0.2) is 0 Å². The number of phenols is 2. The summed E-state index contributed by atoms with van der Waals surface area (Å²) in [5.41, 5.74) is 0. The topological polar surface area (TPSA) is 40.5 Å². The molecule has 2 nitrogen and oxygen atoms in total. The summed E-state index contributed by atoms with van der Waals surface area (Å²) in [5.74, 6) is 0.644. The van der Waals surface area contributed by atoms with Crippen molar-refractivity contribution >= 4 is 0 Å². The van der Waals surface area contributed by atoms with Crippen LogP contribution < -0.4 is 0 Å². The van der Waals surface area contributed by atoms with Gasteiger partial charge in [0.05, 0.1) is 0 Å². The van der Waals surface area contributed by atoms with Crippen LogP contribution in [0, 0.1) is 0 Å². The highest BCUT2D eigenvalue weighted by Crippen LogP contribution is 2.03. The first-order valence-electron chi connectivity index (χ1n) is 10.7. The Morgan fingerprint density at radius 2 is 0.719 bits per heavy atom. The van der Waals surface area contributed by atoms with Gasteiger partial charge in [0.1, 0.15) is 11.5 Å². The summed E-state index contributed by atoms with van der Waals surface area (Å²) in [6.45, 7) is 23.3. The monoisotopic (exact) mass is 452 g/mol. The molecule has 0 atom stereocenters. The number of allylic oxidation sites excluding steroid dienone is 2. The van der Waals surface area contributed by atoms with E-state index in [0.29, 0.717) is 11.5 Å². The SMILES string of the molecule is C.C.C.C=CCC.C=CCC.CC.CC.CCC.Oc1ccccc1.Oc1ccccc1. The molecular formula is C30H60O2. The Balaban J connectivity index is -0.0000000364. The molecule has 0 fully saturated rings. The van der Waals surface area contributed by atoms with Gasteiger partial charge in [-0.05, 0) is 37.1 Å². The zero-order valence-electron chi connectivity index (χ0n) is 20.4. The van der Waals surface area contributed by atoms with E-state index < -0.39 is 0 Å². The zero-order valence-corrected chi connectivity index (χ0v) is 20.4. The number of hydrogen-bond donors (Lipinski definition) is 2. The summed E-state index contributed by atoms with van der Waals surface area (Å²) in [7, 11) is 0. The molecule has 0 aromatic heterocycles. The first-order chi connectivity index (χ1) is 14.0. The Labute approximate surface area is 204 Å². The maximum atomic E-state index is 8.63. The molecule has 0 aliphatic rings. The molecule has 0 bridgehead atoms. The average Bonchev–Trinajstić information content (AvgIpc) is 2.79. The van der Waals surface area contributed by atoms with E-state index in [-0.39, 0.29) is 22.3 Å². The second kappa shape index (κ2) is 63.0. The van der Waals surface area contributed by atoms with Gasteiger partial charge in [-0.3, -0.25) is 0 Å². The Bertz CT molecular complexity index is 419. The van der Waals surface area contributed by atoms with Crippen LogP contribution in [0.4, 0.5) is 0 Å². The highest BCUT2D eigenvalue weighted by molar-refractivity contribution is 5.19. The van der Waals surface area contributed by atoms with Gasteiger partial charge >= 0.3 is 0 Å². The maximum absolute atomic E-state index is 8.63. The van der Waals surface area contributed by atoms with Crippen LogP contribution in [0.2, 0.25) is 0 Å². The molecule has 32 heavy (non-hydrogen) atoms. The van der Waals surface area contributed by atoms with Crippen molar-refractivity contribution in [1.29, 1.82) is 0 Å². The first-order valence-corrected chi connectivity index (χ1v) is 10.7. The lowest BCUT2D eigenvalue weighted by molar-refractivity contribution is 0.475. The summed E-state index contributed by atoms with van der Waals surface area (Å²) in [5, 5.41) is 17.3. The third kappa shape index (κ3) is 80.4. The molecule has 2 rings (SSSR count). The molecule has 2 aromatic rings. The Kier molecular flexibility index (Phi) is 102. The lowest BCUT2D eigenvalue weighted by Gasteiger charge is -1.82. The van der Waals surface area contributed by atoms with Crippen molar-refractivity contribution in [1.82, 2.24) is 0 Å². The van der Waals surface area contributed by atoms with Gasteiger partial charge in [-0.2, -0.15) is 0 Å². The van der Waals surface area contributed by atoms with E-state index in [9.17, 15) is 0 Å². The predicted molar refractivity (Wildman–Crippen MR) is 156 cm³/mol. The first kappa shape index (κ1) is 51.8. The van der Waals surface area contributed by atoms with Crippen LogP contribution in [0.15, 0.2) is 86.0 Å². The van der Waals surface area contributed by atoms with E-state index in [1.165, 1.54) is 6.42 Å². The van der Waals surface area contributed by atoms with Crippen LogP contribution in [0.25, 0.3) is 0 Å². The Morgan fingerprint density at radius 1 is 0.562 bits per heavy atom. The van der Waals surface area contributed by atoms with Gasteiger partial charge in [-0.15, -0.1) is 13.2 Å². The smallest absolute Gasteiger partial charge is 0.115 e. The fourth-order valence-electron chi connectivity index (χ4n) is 0.856.